The van der Waals surface area contributed by atoms with Gasteiger partial charge in [0.1, 0.15) is 23.9 Å². The van der Waals surface area contributed by atoms with Gasteiger partial charge in [0.2, 0.25) is 17.7 Å². The van der Waals surface area contributed by atoms with Gasteiger partial charge in [-0.15, -0.1) is 0 Å². The number of phenolic OH excluding ortho intramolecular Hbond substituents is 1. The fraction of sp³-hybridized carbons (Fsp3) is 0.522. The van der Waals surface area contributed by atoms with Gasteiger partial charge in [0.25, 0.3) is 0 Å². The van der Waals surface area contributed by atoms with Crippen molar-refractivity contribution >= 4 is 29.7 Å². The first-order valence-electron chi connectivity index (χ1n) is 11.2. The van der Waals surface area contributed by atoms with E-state index in [0.29, 0.717) is 12.0 Å². The van der Waals surface area contributed by atoms with E-state index < -0.39 is 66.2 Å². The van der Waals surface area contributed by atoms with E-state index in [1.54, 1.807) is 26.0 Å². The molecule has 3 amide bonds. The Balaban J connectivity index is 2.80. The number of hydrogen-bond donors (Lipinski definition) is 7. The smallest absolute Gasteiger partial charge is 0.326 e. The van der Waals surface area contributed by atoms with Crippen LogP contribution in [0.25, 0.3) is 0 Å². The van der Waals surface area contributed by atoms with E-state index in [2.05, 4.69) is 16.0 Å². The van der Waals surface area contributed by atoms with Crippen LogP contribution < -0.4 is 21.7 Å². The molecule has 0 aliphatic heterocycles. The molecule has 0 saturated carbocycles. The number of hydrogen-bond acceptors (Lipinski definition) is 7. The van der Waals surface area contributed by atoms with Crippen LogP contribution in [0.2, 0.25) is 0 Å². The van der Waals surface area contributed by atoms with Gasteiger partial charge >= 0.3 is 11.9 Å². The predicted octanol–water partition coefficient (Wildman–Crippen LogP) is -0.268. The highest BCUT2D eigenvalue weighted by molar-refractivity contribution is 5.94. The number of carboxylic acid groups (broad SMARTS) is 2. The molecule has 0 bridgehead atoms. The van der Waals surface area contributed by atoms with Crippen LogP contribution in [0.1, 0.15) is 45.6 Å². The summed E-state index contributed by atoms with van der Waals surface area (Å²) in [6.45, 7) is 4.77. The van der Waals surface area contributed by atoms with E-state index in [-0.39, 0.29) is 18.6 Å². The quantitative estimate of drug-likeness (QED) is 0.181. The molecule has 0 aliphatic carbocycles. The Hall–Kier alpha value is -3.67. The molecule has 12 heteroatoms. The van der Waals surface area contributed by atoms with E-state index in [1.807, 2.05) is 0 Å². The summed E-state index contributed by atoms with van der Waals surface area (Å²) in [4.78, 5) is 60.2. The Kier molecular flexibility index (Phi) is 11.7. The zero-order valence-corrected chi connectivity index (χ0v) is 20.0. The van der Waals surface area contributed by atoms with Gasteiger partial charge in [-0.25, -0.2) is 4.79 Å². The SMILES string of the molecule is CC[C@H](C)[C@H](NC(=O)[C@H](CCC(=O)O)NC(=O)[C@H](C)NC(=O)[C@@H](N)Cc1ccc(O)cc1)C(=O)O. The summed E-state index contributed by atoms with van der Waals surface area (Å²) in [5.41, 5.74) is 6.60. The first kappa shape index (κ1) is 29.4. The Bertz CT molecular complexity index is 905. The minimum atomic E-state index is -1.32. The van der Waals surface area contributed by atoms with Crippen molar-refractivity contribution in [2.24, 2.45) is 11.7 Å². The van der Waals surface area contributed by atoms with Crippen LogP contribution in [0.4, 0.5) is 0 Å². The lowest BCUT2D eigenvalue weighted by Crippen LogP contribution is -2.57. The summed E-state index contributed by atoms with van der Waals surface area (Å²) in [5, 5.41) is 34.9. The Labute approximate surface area is 203 Å². The van der Waals surface area contributed by atoms with Gasteiger partial charge < -0.3 is 37.0 Å². The molecular formula is C23H34N4O8. The summed E-state index contributed by atoms with van der Waals surface area (Å²) in [5.74, 6) is -5.02. The van der Waals surface area contributed by atoms with Crippen molar-refractivity contribution in [3.63, 3.8) is 0 Å². The molecule has 1 aromatic carbocycles. The minimum Gasteiger partial charge on any atom is -0.508 e. The van der Waals surface area contributed by atoms with Crippen LogP contribution in [0.3, 0.4) is 0 Å². The number of amides is 3. The number of rotatable bonds is 14. The first-order chi connectivity index (χ1) is 16.3. The molecule has 0 saturated heterocycles. The van der Waals surface area contributed by atoms with E-state index in [1.165, 1.54) is 19.1 Å². The number of benzene rings is 1. The normalized spacial score (nSPS) is 15.1. The summed E-state index contributed by atoms with van der Waals surface area (Å²) < 4.78 is 0. The highest BCUT2D eigenvalue weighted by Crippen LogP contribution is 2.11. The summed E-state index contributed by atoms with van der Waals surface area (Å²) in [6, 6.07) is 1.47. The molecule has 0 fully saturated rings. The van der Waals surface area contributed by atoms with Gasteiger partial charge in [-0.2, -0.15) is 0 Å². The molecule has 194 valence electrons. The lowest BCUT2D eigenvalue weighted by atomic mass is 9.98. The van der Waals surface area contributed by atoms with Gasteiger partial charge in [0, 0.05) is 6.42 Å². The molecular weight excluding hydrogens is 460 g/mol. The zero-order chi connectivity index (χ0) is 26.7. The molecule has 0 radical (unpaired) electrons. The molecule has 1 aromatic rings. The van der Waals surface area contributed by atoms with Crippen molar-refractivity contribution in [1.29, 1.82) is 0 Å². The second kappa shape index (κ2) is 13.9. The molecule has 0 unspecified atom stereocenters. The maximum Gasteiger partial charge on any atom is 0.326 e. The van der Waals surface area contributed by atoms with Crippen molar-refractivity contribution in [1.82, 2.24) is 16.0 Å². The van der Waals surface area contributed by atoms with Gasteiger partial charge in [0.15, 0.2) is 0 Å². The number of phenols is 1. The third-order valence-corrected chi connectivity index (χ3v) is 5.54. The number of nitrogens with one attached hydrogen (secondary N) is 3. The molecule has 0 heterocycles. The van der Waals surface area contributed by atoms with Crippen LogP contribution in [0.15, 0.2) is 24.3 Å². The number of aliphatic carboxylic acids is 2. The van der Waals surface area contributed by atoms with Crippen molar-refractivity contribution < 1.29 is 39.3 Å². The maximum absolute atomic E-state index is 12.7. The fourth-order valence-corrected chi connectivity index (χ4v) is 3.13. The average molecular weight is 495 g/mol. The molecule has 12 nitrogen and oxygen atoms in total. The molecule has 0 aliphatic rings. The van der Waals surface area contributed by atoms with Crippen LogP contribution in [-0.2, 0) is 30.4 Å². The number of carbonyl (C=O) groups excluding carboxylic acids is 3. The predicted molar refractivity (Wildman–Crippen MR) is 125 cm³/mol. The van der Waals surface area contributed by atoms with Crippen LogP contribution in [0.5, 0.6) is 5.75 Å². The third-order valence-electron chi connectivity index (χ3n) is 5.54. The lowest BCUT2D eigenvalue weighted by molar-refractivity contribution is -0.144. The van der Waals surface area contributed by atoms with Crippen LogP contribution in [-0.4, -0.2) is 69.1 Å². The number of carbonyl (C=O) groups is 5. The van der Waals surface area contributed by atoms with Crippen molar-refractivity contribution in [2.75, 3.05) is 0 Å². The van der Waals surface area contributed by atoms with E-state index in [9.17, 15) is 34.2 Å². The minimum absolute atomic E-state index is 0.0670. The van der Waals surface area contributed by atoms with Gasteiger partial charge in [-0.1, -0.05) is 32.4 Å². The lowest BCUT2D eigenvalue weighted by Gasteiger charge is -2.25. The zero-order valence-electron chi connectivity index (χ0n) is 20.0. The van der Waals surface area contributed by atoms with Gasteiger partial charge in [-0.05, 0) is 43.4 Å². The van der Waals surface area contributed by atoms with E-state index in [4.69, 9.17) is 10.8 Å². The summed E-state index contributed by atoms with van der Waals surface area (Å²) in [7, 11) is 0. The molecule has 35 heavy (non-hydrogen) atoms. The number of nitrogens with two attached hydrogens (primary N) is 1. The monoisotopic (exact) mass is 494 g/mol. The number of aromatic hydroxyl groups is 1. The van der Waals surface area contributed by atoms with Crippen LogP contribution >= 0.6 is 0 Å². The second-order valence-corrected chi connectivity index (χ2v) is 8.41. The molecule has 0 aromatic heterocycles. The maximum atomic E-state index is 12.7. The van der Waals surface area contributed by atoms with Gasteiger partial charge in [-0.3, -0.25) is 19.2 Å². The van der Waals surface area contributed by atoms with Crippen LogP contribution in [0, 0.1) is 5.92 Å². The standard InChI is InChI=1S/C23H34N4O8/c1-4-12(2)19(23(34)35)27-22(33)17(9-10-18(29)30)26-20(31)13(3)25-21(32)16(24)11-14-5-7-15(28)8-6-14/h5-8,12-13,16-17,19,28H,4,9-11,24H2,1-3H3,(H,25,32)(H,26,31)(H,27,33)(H,29,30)(H,34,35)/t12-,13-,16-,17-,19-/m0/s1. The summed E-state index contributed by atoms with van der Waals surface area (Å²) in [6.07, 6.45) is -0.106. The van der Waals surface area contributed by atoms with Crippen molar-refractivity contribution in [3.8, 4) is 5.75 Å². The fourth-order valence-electron chi connectivity index (χ4n) is 3.13. The molecule has 5 atom stereocenters. The van der Waals surface area contributed by atoms with E-state index in [0.717, 1.165) is 0 Å². The highest BCUT2D eigenvalue weighted by Gasteiger charge is 2.31. The summed E-state index contributed by atoms with van der Waals surface area (Å²) >= 11 is 0. The van der Waals surface area contributed by atoms with Gasteiger partial charge in [0.05, 0.1) is 6.04 Å². The Morgan fingerprint density at radius 2 is 1.51 bits per heavy atom. The van der Waals surface area contributed by atoms with E-state index >= 15 is 0 Å². The third kappa shape index (κ3) is 10.0. The largest absolute Gasteiger partial charge is 0.508 e. The number of carboxylic acids is 2. The molecule has 1 rings (SSSR count). The second-order valence-electron chi connectivity index (χ2n) is 8.41. The first-order valence-corrected chi connectivity index (χ1v) is 11.2. The average Bonchev–Trinajstić information content (AvgIpc) is 2.80. The highest BCUT2D eigenvalue weighted by atomic mass is 16.4. The molecule has 8 N–H and O–H groups in total. The Morgan fingerprint density at radius 1 is 0.914 bits per heavy atom. The molecule has 0 spiro atoms. The Morgan fingerprint density at radius 3 is 2.03 bits per heavy atom. The topological polar surface area (TPSA) is 208 Å². The van der Waals surface area contributed by atoms with Crippen molar-refractivity contribution in [2.45, 2.75) is 70.6 Å². The van der Waals surface area contributed by atoms with Crippen molar-refractivity contribution in [3.05, 3.63) is 29.8 Å².